The SMILES string of the molecule is CC(C[C@@H](N)Cc1ccc2c(c1)NC(=O)C(C(C)C)NC(=O)C(C)NC(=O)CCOCCOCCNC(=O)C#CC(=O)NCCOCCOCCC(=O)O2)C(=O)O. The van der Waals surface area contributed by atoms with Gasteiger partial charge in [0.25, 0.3) is 11.8 Å². The molecule has 8 N–H and O–H groups in total. The zero-order chi connectivity index (χ0) is 42.2. The Morgan fingerprint density at radius 1 is 0.807 bits per heavy atom. The van der Waals surface area contributed by atoms with Crippen molar-refractivity contribution in [2.45, 2.75) is 71.5 Å². The van der Waals surface area contributed by atoms with Gasteiger partial charge in [0.2, 0.25) is 17.7 Å². The van der Waals surface area contributed by atoms with E-state index in [0.29, 0.717) is 5.56 Å². The highest BCUT2D eigenvalue weighted by Gasteiger charge is 2.28. The Morgan fingerprint density at radius 3 is 1.93 bits per heavy atom. The Bertz CT molecular complexity index is 1580. The van der Waals surface area contributed by atoms with Crippen LogP contribution in [0, 0.1) is 23.7 Å². The summed E-state index contributed by atoms with van der Waals surface area (Å²) in [4.78, 5) is 87.1. The smallest absolute Gasteiger partial charge is 0.313 e. The molecular formula is C38H56N6O13. The Labute approximate surface area is 332 Å². The van der Waals surface area contributed by atoms with Crippen molar-refractivity contribution in [1.82, 2.24) is 21.3 Å². The largest absolute Gasteiger partial charge is 0.481 e. The average molecular weight is 805 g/mol. The Balaban J connectivity index is 2.17. The first kappa shape index (κ1) is 48.0. The van der Waals surface area contributed by atoms with Crippen LogP contribution in [0.5, 0.6) is 5.75 Å². The molecule has 19 nitrogen and oxygen atoms in total. The van der Waals surface area contributed by atoms with Crippen LogP contribution in [0.1, 0.15) is 52.5 Å². The number of rotatable bonds is 6. The molecule has 2 rings (SSSR count). The highest BCUT2D eigenvalue weighted by atomic mass is 16.5. The molecule has 0 radical (unpaired) electrons. The first-order valence-electron chi connectivity index (χ1n) is 18.8. The third-order valence-electron chi connectivity index (χ3n) is 8.14. The van der Waals surface area contributed by atoms with Crippen LogP contribution in [-0.2, 0) is 58.9 Å². The second-order valence-corrected chi connectivity index (χ2v) is 13.5. The summed E-state index contributed by atoms with van der Waals surface area (Å²) in [5.41, 5.74) is 6.98. The van der Waals surface area contributed by atoms with E-state index in [9.17, 15) is 38.7 Å². The molecule has 4 atom stereocenters. The fourth-order valence-electron chi connectivity index (χ4n) is 5.05. The van der Waals surface area contributed by atoms with Gasteiger partial charge in [-0.15, -0.1) is 0 Å². The highest BCUT2D eigenvalue weighted by Crippen LogP contribution is 2.28. The maximum atomic E-state index is 13.7. The van der Waals surface area contributed by atoms with Crippen molar-refractivity contribution in [3.05, 3.63) is 23.8 Å². The van der Waals surface area contributed by atoms with Crippen molar-refractivity contribution in [3.63, 3.8) is 0 Å². The number of carboxylic acid groups (broad SMARTS) is 1. The van der Waals surface area contributed by atoms with Gasteiger partial charge in [-0.2, -0.15) is 0 Å². The van der Waals surface area contributed by atoms with E-state index in [1.165, 1.54) is 13.0 Å². The molecule has 316 valence electrons. The van der Waals surface area contributed by atoms with Gasteiger partial charge in [0.15, 0.2) is 5.75 Å². The summed E-state index contributed by atoms with van der Waals surface area (Å²) in [7, 11) is 0. The van der Waals surface area contributed by atoms with Crippen molar-refractivity contribution in [2.75, 3.05) is 71.3 Å². The topological polar surface area (TPSA) is 272 Å². The number of nitrogens with two attached hydrogens (primary N) is 1. The fraction of sp³-hybridized carbons (Fsp3) is 0.605. The van der Waals surface area contributed by atoms with Crippen LogP contribution in [-0.4, -0.2) is 131 Å². The first-order valence-corrected chi connectivity index (χ1v) is 18.8. The molecule has 5 amide bonds. The molecule has 0 fully saturated rings. The molecule has 0 saturated carbocycles. The van der Waals surface area contributed by atoms with E-state index in [-0.39, 0.29) is 103 Å². The zero-order valence-electron chi connectivity index (χ0n) is 32.9. The number of carbonyl (C=O) groups is 7. The molecular weight excluding hydrogens is 748 g/mol. The van der Waals surface area contributed by atoms with E-state index in [0.717, 1.165) is 0 Å². The predicted octanol–water partition coefficient (Wildman–Crippen LogP) is -0.747. The lowest BCUT2D eigenvalue weighted by Gasteiger charge is -2.24. The maximum absolute atomic E-state index is 13.7. The summed E-state index contributed by atoms with van der Waals surface area (Å²) in [6.07, 6.45) is 0.251. The number of nitrogens with one attached hydrogen (secondary N) is 5. The van der Waals surface area contributed by atoms with Crippen LogP contribution in [0.4, 0.5) is 5.69 Å². The monoisotopic (exact) mass is 804 g/mol. The molecule has 19 heteroatoms. The third kappa shape index (κ3) is 20.6. The van der Waals surface area contributed by atoms with Gasteiger partial charge >= 0.3 is 11.9 Å². The molecule has 1 aromatic rings. The Hall–Kier alpha value is -5.13. The number of ether oxygens (including phenoxy) is 5. The first-order chi connectivity index (χ1) is 27.2. The number of amides is 5. The van der Waals surface area contributed by atoms with E-state index in [1.807, 2.05) is 0 Å². The summed E-state index contributed by atoms with van der Waals surface area (Å²) in [5.74, 6) is -1.38. The summed E-state index contributed by atoms with van der Waals surface area (Å²) in [5, 5.41) is 22.3. The van der Waals surface area contributed by atoms with E-state index in [2.05, 4.69) is 38.4 Å². The number of carbonyl (C=O) groups excluding carboxylic acids is 6. The molecule has 1 aliphatic rings. The summed E-state index contributed by atoms with van der Waals surface area (Å²) in [6, 6.07) is 2.09. The molecule has 1 aromatic carbocycles. The quantitative estimate of drug-likeness (QED) is 0.106. The standard InChI is InChI=1S/C38H56N6O13/c1-24(2)35-37(50)43-29-23-27(22-28(39)21-25(3)38(51)52)5-6-30(29)57-34(48)10-14-54-18-20-56-16-12-41-32(46)8-7-31(45)40-11-15-55-19-17-53-13-9-33(47)42-26(4)36(49)44-35/h5-6,23-26,28,35H,9-22,39H2,1-4H3,(H,40,45)(H,41,46)(H,42,47)(H,43,50)(H,44,49)(H,51,52)/t25?,26?,28-,35?/m1/s1. The Kier molecular flexibility index (Phi) is 22.5. The van der Waals surface area contributed by atoms with E-state index < -0.39 is 71.4 Å². The number of fused-ring (bicyclic) bond motifs is 1. The number of aliphatic carboxylic acids is 1. The zero-order valence-corrected chi connectivity index (χ0v) is 32.9. The van der Waals surface area contributed by atoms with Crippen molar-refractivity contribution >= 4 is 47.2 Å². The number of benzene rings is 1. The minimum atomic E-state index is -1.07. The van der Waals surface area contributed by atoms with Crippen LogP contribution in [0.2, 0.25) is 0 Å². The summed E-state index contributed by atoms with van der Waals surface area (Å²) < 4.78 is 27.2. The molecule has 0 spiro atoms. The molecule has 1 aliphatic heterocycles. The van der Waals surface area contributed by atoms with Gasteiger partial charge in [0, 0.05) is 37.4 Å². The summed E-state index contributed by atoms with van der Waals surface area (Å²) >= 11 is 0. The number of hydrogen-bond acceptors (Lipinski definition) is 13. The number of hydrogen-bond donors (Lipinski definition) is 7. The van der Waals surface area contributed by atoms with Gasteiger partial charge in [0.05, 0.1) is 70.9 Å². The lowest BCUT2D eigenvalue weighted by Crippen LogP contribution is -2.53. The van der Waals surface area contributed by atoms with Gasteiger partial charge in [-0.3, -0.25) is 33.6 Å². The molecule has 57 heavy (non-hydrogen) atoms. The lowest BCUT2D eigenvalue weighted by molar-refractivity contribution is -0.141. The Morgan fingerprint density at radius 2 is 1.37 bits per heavy atom. The molecule has 0 aromatic heterocycles. The van der Waals surface area contributed by atoms with Crippen LogP contribution in [0.25, 0.3) is 0 Å². The normalized spacial score (nSPS) is 21.3. The van der Waals surface area contributed by atoms with Gasteiger partial charge in [-0.25, -0.2) is 0 Å². The van der Waals surface area contributed by atoms with Crippen LogP contribution in [0.3, 0.4) is 0 Å². The fourth-order valence-corrected chi connectivity index (χ4v) is 5.05. The van der Waals surface area contributed by atoms with Gasteiger partial charge < -0.3 is 61.1 Å². The maximum Gasteiger partial charge on any atom is 0.313 e. The molecule has 0 aliphatic carbocycles. The molecule has 0 bridgehead atoms. The number of anilines is 1. The molecule has 3 unspecified atom stereocenters. The van der Waals surface area contributed by atoms with Crippen LogP contribution >= 0.6 is 0 Å². The number of carboxylic acids is 1. The lowest BCUT2D eigenvalue weighted by atomic mass is 9.96. The van der Waals surface area contributed by atoms with Crippen molar-refractivity contribution in [3.8, 4) is 17.6 Å². The second kappa shape index (κ2) is 26.7. The highest BCUT2D eigenvalue weighted by molar-refractivity contribution is 6.03. The van der Waals surface area contributed by atoms with E-state index in [1.54, 1.807) is 32.9 Å². The van der Waals surface area contributed by atoms with Crippen molar-refractivity contribution in [2.24, 2.45) is 17.6 Å². The van der Waals surface area contributed by atoms with Crippen molar-refractivity contribution < 1.29 is 62.4 Å². The third-order valence-corrected chi connectivity index (χ3v) is 8.14. The van der Waals surface area contributed by atoms with Crippen molar-refractivity contribution in [1.29, 1.82) is 0 Å². The van der Waals surface area contributed by atoms with E-state index >= 15 is 0 Å². The minimum absolute atomic E-state index is 0.0116. The predicted molar refractivity (Wildman–Crippen MR) is 204 cm³/mol. The van der Waals surface area contributed by atoms with Gasteiger partial charge in [-0.1, -0.05) is 26.8 Å². The van der Waals surface area contributed by atoms with Crippen LogP contribution < -0.4 is 37.1 Å². The van der Waals surface area contributed by atoms with E-state index in [4.69, 9.17) is 29.4 Å². The van der Waals surface area contributed by atoms with Gasteiger partial charge in [-0.05, 0) is 43.4 Å². The van der Waals surface area contributed by atoms with Gasteiger partial charge in [0.1, 0.15) is 12.1 Å². The minimum Gasteiger partial charge on any atom is -0.481 e. The molecule has 0 saturated heterocycles. The number of esters is 1. The van der Waals surface area contributed by atoms with Crippen LogP contribution in [0.15, 0.2) is 18.2 Å². The summed E-state index contributed by atoms with van der Waals surface area (Å²) in [6.45, 7) is 7.75. The average Bonchev–Trinajstić information content (AvgIpc) is 3.14. The molecule has 1 heterocycles. The second-order valence-electron chi connectivity index (χ2n) is 13.5.